The molecule has 0 heterocycles. The van der Waals surface area contributed by atoms with E-state index in [4.69, 9.17) is 4.74 Å². The highest BCUT2D eigenvalue weighted by atomic mass is 16.5. The maximum Gasteiger partial charge on any atom is 0.337 e. The molecule has 4 fully saturated rings. The van der Waals surface area contributed by atoms with E-state index >= 15 is 0 Å². The number of fused-ring (bicyclic) bond motifs is 1. The quantitative estimate of drug-likeness (QED) is 0.409. The zero-order valence-corrected chi connectivity index (χ0v) is 18.8. The van der Waals surface area contributed by atoms with Crippen molar-refractivity contribution in [1.29, 1.82) is 0 Å². The second-order valence-electron chi connectivity index (χ2n) is 10.5. The monoisotopic (exact) mass is 422 g/mol. The maximum absolute atomic E-state index is 11.8. The molecular formula is C30H30O2. The van der Waals surface area contributed by atoms with E-state index in [2.05, 4.69) is 43.0 Å². The lowest BCUT2D eigenvalue weighted by Gasteiger charge is -2.57. The molecular weight excluding hydrogens is 392 g/mol. The summed E-state index contributed by atoms with van der Waals surface area (Å²) >= 11 is 0. The van der Waals surface area contributed by atoms with Crippen molar-refractivity contribution in [2.24, 2.45) is 17.8 Å². The summed E-state index contributed by atoms with van der Waals surface area (Å²) in [6.45, 7) is 4.18. The predicted octanol–water partition coefficient (Wildman–Crippen LogP) is 7.40. The van der Waals surface area contributed by atoms with E-state index in [0.717, 1.165) is 23.3 Å². The van der Waals surface area contributed by atoms with Gasteiger partial charge in [-0.2, -0.15) is 0 Å². The van der Waals surface area contributed by atoms with Gasteiger partial charge in [-0.15, -0.1) is 0 Å². The molecule has 4 aliphatic carbocycles. The summed E-state index contributed by atoms with van der Waals surface area (Å²) in [4.78, 5) is 11.8. The van der Waals surface area contributed by atoms with Crippen LogP contribution in [0.1, 0.15) is 60.0 Å². The first-order valence-electron chi connectivity index (χ1n) is 12.0. The Morgan fingerprint density at radius 1 is 0.875 bits per heavy atom. The molecule has 2 heteroatoms. The Kier molecular flexibility index (Phi) is 4.54. The predicted molar refractivity (Wildman–Crippen MR) is 131 cm³/mol. The zero-order chi connectivity index (χ0) is 21.9. The molecule has 0 saturated heterocycles. The molecule has 4 bridgehead atoms. The van der Waals surface area contributed by atoms with Crippen LogP contribution in [0.4, 0.5) is 0 Å². The van der Waals surface area contributed by atoms with Crippen LogP contribution in [0.2, 0.25) is 0 Å². The fourth-order valence-corrected chi connectivity index (χ4v) is 7.48. The summed E-state index contributed by atoms with van der Waals surface area (Å²) in [5.41, 5.74) is 6.09. The molecule has 2 nitrogen and oxygen atoms in total. The van der Waals surface area contributed by atoms with Crippen LogP contribution in [0, 0.1) is 17.8 Å². The molecule has 0 spiro atoms. The molecule has 7 rings (SSSR count). The standard InChI is InChI=1S/C30H30O2/c1-3-22-13-26-9-8-25(23-4-6-24(7-5-23)29(31)32-2)14-27(26)15-28(22)30-16-19-10-20(17-30)12-21(11-19)18-30/h3-9,13-15,19-21H,1,10-12,16-18H2,2H3. The van der Waals surface area contributed by atoms with Crippen molar-refractivity contribution in [2.75, 3.05) is 7.11 Å². The second kappa shape index (κ2) is 7.33. The molecule has 0 radical (unpaired) electrons. The second-order valence-corrected chi connectivity index (χ2v) is 10.5. The van der Waals surface area contributed by atoms with Gasteiger partial charge in [0, 0.05) is 0 Å². The molecule has 32 heavy (non-hydrogen) atoms. The number of rotatable bonds is 4. The van der Waals surface area contributed by atoms with Crippen molar-refractivity contribution in [1.82, 2.24) is 0 Å². The van der Waals surface area contributed by atoms with E-state index in [-0.39, 0.29) is 5.97 Å². The summed E-state index contributed by atoms with van der Waals surface area (Å²) in [5.74, 6) is 2.48. The van der Waals surface area contributed by atoms with Gasteiger partial charge < -0.3 is 4.74 Å². The molecule has 4 saturated carbocycles. The minimum atomic E-state index is -0.299. The van der Waals surface area contributed by atoms with Crippen LogP contribution in [-0.4, -0.2) is 13.1 Å². The fourth-order valence-electron chi connectivity index (χ4n) is 7.48. The summed E-state index contributed by atoms with van der Waals surface area (Å²) in [6.07, 6.45) is 10.5. The number of carbonyl (C=O) groups excluding carboxylic acids is 1. The van der Waals surface area contributed by atoms with Gasteiger partial charge >= 0.3 is 5.97 Å². The largest absolute Gasteiger partial charge is 0.465 e. The number of benzene rings is 3. The van der Waals surface area contributed by atoms with Gasteiger partial charge in [0.1, 0.15) is 0 Å². The molecule has 0 amide bonds. The lowest BCUT2D eigenvalue weighted by atomic mass is 9.47. The van der Waals surface area contributed by atoms with Gasteiger partial charge in [0.25, 0.3) is 0 Å². The average Bonchev–Trinajstić information content (AvgIpc) is 2.81. The van der Waals surface area contributed by atoms with Crippen molar-refractivity contribution in [3.8, 4) is 11.1 Å². The Hall–Kier alpha value is -2.87. The van der Waals surface area contributed by atoms with Gasteiger partial charge in [-0.05, 0) is 125 Å². The van der Waals surface area contributed by atoms with Gasteiger partial charge in [-0.3, -0.25) is 0 Å². The summed E-state index contributed by atoms with van der Waals surface area (Å²) in [5, 5.41) is 2.57. The van der Waals surface area contributed by atoms with Crippen LogP contribution in [0.25, 0.3) is 28.0 Å². The van der Waals surface area contributed by atoms with Crippen molar-refractivity contribution in [3.63, 3.8) is 0 Å². The SMILES string of the molecule is C=Cc1cc2ccc(-c3ccc(C(=O)OC)cc3)cc2cc1C12CC3CC(CC(C3)C1)C2. The first kappa shape index (κ1) is 19.8. The van der Waals surface area contributed by atoms with Gasteiger partial charge in [0.15, 0.2) is 0 Å². The maximum atomic E-state index is 11.8. The molecule has 0 unspecified atom stereocenters. The Morgan fingerprint density at radius 3 is 2.09 bits per heavy atom. The number of hydrogen-bond donors (Lipinski definition) is 0. The van der Waals surface area contributed by atoms with Crippen LogP contribution in [-0.2, 0) is 10.2 Å². The van der Waals surface area contributed by atoms with Crippen molar-refractivity contribution >= 4 is 22.8 Å². The lowest BCUT2D eigenvalue weighted by Crippen LogP contribution is -2.48. The van der Waals surface area contributed by atoms with Crippen molar-refractivity contribution in [3.05, 3.63) is 77.9 Å². The van der Waals surface area contributed by atoms with Gasteiger partial charge in [-0.1, -0.05) is 36.9 Å². The molecule has 3 aromatic carbocycles. The highest BCUT2D eigenvalue weighted by molar-refractivity contribution is 5.92. The highest BCUT2D eigenvalue weighted by Crippen LogP contribution is 2.61. The number of esters is 1. The topological polar surface area (TPSA) is 26.3 Å². The summed E-state index contributed by atoms with van der Waals surface area (Å²) in [6, 6.07) is 19.2. The van der Waals surface area contributed by atoms with Crippen LogP contribution in [0.15, 0.2) is 61.2 Å². The fraction of sp³-hybridized carbons (Fsp3) is 0.367. The molecule has 4 aliphatic rings. The first-order valence-corrected chi connectivity index (χ1v) is 12.0. The molecule has 0 aromatic heterocycles. The smallest absolute Gasteiger partial charge is 0.337 e. The zero-order valence-electron chi connectivity index (χ0n) is 18.8. The Labute approximate surface area is 190 Å². The van der Waals surface area contributed by atoms with E-state index in [1.54, 1.807) is 0 Å². The third kappa shape index (κ3) is 3.11. The van der Waals surface area contributed by atoms with Crippen molar-refractivity contribution in [2.45, 2.75) is 43.9 Å². The average molecular weight is 423 g/mol. The van der Waals surface area contributed by atoms with Gasteiger partial charge in [0.05, 0.1) is 12.7 Å². The third-order valence-corrected chi connectivity index (χ3v) is 8.48. The lowest BCUT2D eigenvalue weighted by molar-refractivity contribution is -0.00521. The molecule has 3 aromatic rings. The third-order valence-electron chi connectivity index (χ3n) is 8.48. The van der Waals surface area contributed by atoms with Crippen LogP contribution in [0.3, 0.4) is 0 Å². The molecule has 162 valence electrons. The van der Waals surface area contributed by atoms with Crippen molar-refractivity contribution < 1.29 is 9.53 Å². The molecule has 0 atom stereocenters. The highest BCUT2D eigenvalue weighted by Gasteiger charge is 2.52. The van der Waals surface area contributed by atoms with E-state index in [1.165, 1.54) is 73.1 Å². The first-order chi connectivity index (χ1) is 15.6. The molecule has 0 aliphatic heterocycles. The molecule has 0 N–H and O–H groups in total. The van der Waals surface area contributed by atoms with Crippen LogP contribution < -0.4 is 0 Å². The van der Waals surface area contributed by atoms with E-state index in [0.29, 0.717) is 11.0 Å². The van der Waals surface area contributed by atoms with E-state index < -0.39 is 0 Å². The Bertz CT molecular complexity index is 1180. The number of methoxy groups -OCH3 is 1. The normalized spacial score (nSPS) is 28.1. The van der Waals surface area contributed by atoms with E-state index in [1.807, 2.05) is 24.3 Å². The minimum Gasteiger partial charge on any atom is -0.465 e. The number of carbonyl (C=O) groups is 1. The number of hydrogen-bond acceptors (Lipinski definition) is 2. The van der Waals surface area contributed by atoms with Gasteiger partial charge in [0.2, 0.25) is 0 Å². The van der Waals surface area contributed by atoms with Crippen LogP contribution in [0.5, 0.6) is 0 Å². The van der Waals surface area contributed by atoms with E-state index in [9.17, 15) is 4.79 Å². The van der Waals surface area contributed by atoms with Crippen LogP contribution >= 0.6 is 0 Å². The Balaban J connectivity index is 1.42. The Morgan fingerprint density at radius 2 is 1.50 bits per heavy atom. The minimum absolute atomic E-state index is 0.299. The summed E-state index contributed by atoms with van der Waals surface area (Å²) in [7, 11) is 1.42. The number of ether oxygens (including phenoxy) is 1. The summed E-state index contributed by atoms with van der Waals surface area (Å²) < 4.78 is 4.83. The van der Waals surface area contributed by atoms with Gasteiger partial charge in [-0.25, -0.2) is 4.79 Å².